The Kier molecular flexibility index (Phi) is 5.29. The lowest BCUT2D eigenvalue weighted by atomic mass is 9.57. The zero-order valence-electron chi connectivity index (χ0n) is 18.7. The number of aliphatic hydroxyl groups is 3. The number of aromatic hydroxyl groups is 1. The summed E-state index contributed by atoms with van der Waals surface area (Å²) in [5.41, 5.74) is 2.14. The van der Waals surface area contributed by atoms with Gasteiger partial charge in [0.25, 0.3) is 5.91 Å². The number of hydrogen-bond acceptors (Lipinski definition) is 9. The molecule has 0 aromatic heterocycles. The molecular weight excluding hydrogens is 446 g/mol. The first-order valence-electron chi connectivity index (χ1n) is 10.6. The van der Waals surface area contributed by atoms with Crippen LogP contribution in [0.4, 0.5) is 5.69 Å². The van der Waals surface area contributed by atoms with Crippen LogP contribution in [0.15, 0.2) is 29.0 Å². The van der Waals surface area contributed by atoms with Crippen LogP contribution in [-0.2, 0) is 25.6 Å². The van der Waals surface area contributed by atoms with Gasteiger partial charge in [-0.3, -0.25) is 24.1 Å². The van der Waals surface area contributed by atoms with E-state index in [-0.39, 0.29) is 35.6 Å². The maximum absolute atomic E-state index is 13.7. The number of fused-ring (bicyclic) bond motifs is 3. The molecule has 180 valence electrons. The van der Waals surface area contributed by atoms with Crippen molar-refractivity contribution in [3.63, 3.8) is 0 Å². The second kappa shape index (κ2) is 7.67. The molecular formula is C23H25N3O8. The van der Waals surface area contributed by atoms with E-state index < -0.39 is 58.0 Å². The summed E-state index contributed by atoms with van der Waals surface area (Å²) in [6.45, 7) is 1.30. The standard InChI is InChI=1S/C23H25N3O8/c1-8(27)25-12-4-5-13(28)15-10(12)6-9-7-11-17(26(2)3)19(30)16(22(24)33)21(32)23(11,34)20(31)14(9)18(15)29/h4-5,9,11,17,28-29,32,34H,6-7H2,1-3H3,(H2,24,33)(H,25,27)/t9-,11-,17-,23-/m0/s1. The molecule has 1 aromatic carbocycles. The largest absolute Gasteiger partial charge is 0.508 e. The number of aliphatic hydroxyl groups excluding tert-OH is 2. The molecule has 2 amide bonds. The lowest BCUT2D eigenvalue weighted by Gasteiger charge is -2.50. The predicted octanol–water partition coefficient (Wildman–Crippen LogP) is -0.0776. The van der Waals surface area contributed by atoms with Crippen LogP contribution in [-0.4, -0.2) is 74.4 Å². The number of hydrogen-bond donors (Lipinski definition) is 6. The number of nitrogens with zero attached hydrogens (tertiary/aromatic N) is 1. The molecule has 1 saturated carbocycles. The molecule has 11 heteroatoms. The van der Waals surface area contributed by atoms with Crippen molar-refractivity contribution < 1.29 is 39.6 Å². The first-order valence-corrected chi connectivity index (χ1v) is 10.6. The van der Waals surface area contributed by atoms with E-state index in [0.717, 1.165) is 0 Å². The smallest absolute Gasteiger partial charge is 0.255 e. The van der Waals surface area contributed by atoms with Crippen molar-refractivity contribution in [2.45, 2.75) is 31.4 Å². The minimum Gasteiger partial charge on any atom is -0.508 e. The molecule has 0 unspecified atom stereocenters. The van der Waals surface area contributed by atoms with Crippen LogP contribution in [0, 0.1) is 11.8 Å². The third-order valence-corrected chi connectivity index (χ3v) is 6.91. The van der Waals surface area contributed by atoms with E-state index in [0.29, 0.717) is 11.3 Å². The van der Waals surface area contributed by atoms with Gasteiger partial charge in [0.2, 0.25) is 11.7 Å². The molecule has 3 aliphatic rings. The quantitative estimate of drug-likeness (QED) is 0.259. The zero-order valence-corrected chi connectivity index (χ0v) is 18.7. The average Bonchev–Trinajstić information content (AvgIpc) is 2.72. The summed E-state index contributed by atoms with van der Waals surface area (Å²) in [5, 5.41) is 46.4. The maximum Gasteiger partial charge on any atom is 0.255 e. The third kappa shape index (κ3) is 3.04. The number of Topliss-reactive ketones (excluding diaryl/α,β-unsaturated/α-hetero) is 2. The number of nitrogens with one attached hydrogen (secondary N) is 1. The molecule has 0 saturated heterocycles. The molecule has 0 aliphatic heterocycles. The van der Waals surface area contributed by atoms with E-state index in [1.807, 2.05) is 0 Å². The highest BCUT2D eigenvalue weighted by atomic mass is 16.3. The Morgan fingerprint density at radius 3 is 2.38 bits per heavy atom. The number of phenolic OH excluding ortho intramolecular Hbond substituents is 1. The molecule has 4 atom stereocenters. The Labute approximate surface area is 194 Å². The fourth-order valence-corrected chi connectivity index (χ4v) is 5.55. The number of anilines is 1. The molecule has 0 radical (unpaired) electrons. The van der Waals surface area contributed by atoms with Gasteiger partial charge in [-0.15, -0.1) is 0 Å². The Morgan fingerprint density at radius 2 is 1.82 bits per heavy atom. The van der Waals surface area contributed by atoms with Crippen LogP contribution >= 0.6 is 0 Å². The summed E-state index contributed by atoms with van der Waals surface area (Å²) < 4.78 is 0. The highest BCUT2D eigenvalue weighted by Crippen LogP contribution is 2.53. The number of phenols is 1. The first-order chi connectivity index (χ1) is 15.8. The van der Waals surface area contributed by atoms with E-state index in [4.69, 9.17) is 5.73 Å². The van der Waals surface area contributed by atoms with Crippen LogP contribution in [0.25, 0.3) is 5.76 Å². The number of nitrogens with two attached hydrogens (primary N) is 1. The van der Waals surface area contributed by atoms with Crippen molar-refractivity contribution in [2.75, 3.05) is 19.4 Å². The minimum absolute atomic E-state index is 0.0269. The average molecular weight is 471 g/mol. The van der Waals surface area contributed by atoms with Gasteiger partial charge in [-0.25, -0.2) is 0 Å². The molecule has 3 aliphatic carbocycles. The number of ketones is 2. The van der Waals surface area contributed by atoms with Gasteiger partial charge in [0.05, 0.1) is 11.6 Å². The summed E-state index contributed by atoms with van der Waals surface area (Å²) in [6.07, 6.45) is 0.0689. The molecule has 1 fully saturated rings. The van der Waals surface area contributed by atoms with Gasteiger partial charge in [0.15, 0.2) is 11.4 Å². The van der Waals surface area contributed by atoms with E-state index in [1.165, 1.54) is 38.1 Å². The van der Waals surface area contributed by atoms with Crippen molar-refractivity contribution in [3.05, 3.63) is 40.2 Å². The monoisotopic (exact) mass is 471 g/mol. The van der Waals surface area contributed by atoms with E-state index in [2.05, 4.69) is 5.32 Å². The van der Waals surface area contributed by atoms with Gasteiger partial charge in [-0.2, -0.15) is 0 Å². The van der Waals surface area contributed by atoms with Gasteiger partial charge < -0.3 is 31.5 Å². The Bertz CT molecular complexity index is 1230. The maximum atomic E-state index is 13.7. The van der Waals surface area contributed by atoms with Gasteiger partial charge in [-0.05, 0) is 50.6 Å². The van der Waals surface area contributed by atoms with E-state index in [1.54, 1.807) is 0 Å². The second-order valence-electron chi connectivity index (χ2n) is 9.13. The minimum atomic E-state index is -2.69. The number of primary amides is 1. The molecule has 1 aromatic rings. The summed E-state index contributed by atoms with van der Waals surface area (Å²) in [5.74, 6) is -7.54. The summed E-state index contributed by atoms with van der Waals surface area (Å²) >= 11 is 0. The Hall–Kier alpha value is -3.70. The SMILES string of the molecule is CC(=O)Nc1ccc(O)c2c1C[C@H]1C[C@H]3[C@H](N(C)C)C(=O)C(C(N)=O)=C(O)[C@@]3(O)C(=O)C1=C2O. The molecule has 0 spiro atoms. The number of carbonyl (C=O) groups is 4. The van der Waals surface area contributed by atoms with Crippen molar-refractivity contribution in [3.8, 4) is 5.75 Å². The lowest BCUT2D eigenvalue weighted by Crippen LogP contribution is -2.65. The highest BCUT2D eigenvalue weighted by molar-refractivity contribution is 6.24. The van der Waals surface area contributed by atoms with Crippen LogP contribution in [0.3, 0.4) is 0 Å². The van der Waals surface area contributed by atoms with Gasteiger partial charge in [0, 0.05) is 24.1 Å². The molecule has 4 rings (SSSR count). The van der Waals surface area contributed by atoms with Crippen LogP contribution in [0.1, 0.15) is 24.5 Å². The number of amides is 2. The van der Waals surface area contributed by atoms with Gasteiger partial charge >= 0.3 is 0 Å². The number of carbonyl (C=O) groups excluding carboxylic acids is 4. The molecule has 0 heterocycles. The first kappa shape index (κ1) is 23.5. The van der Waals surface area contributed by atoms with Gasteiger partial charge in [-0.1, -0.05) is 0 Å². The summed E-state index contributed by atoms with van der Waals surface area (Å²) in [4.78, 5) is 51.8. The third-order valence-electron chi connectivity index (χ3n) is 6.91. The summed E-state index contributed by atoms with van der Waals surface area (Å²) in [7, 11) is 3.06. The van der Waals surface area contributed by atoms with Crippen molar-refractivity contribution in [1.82, 2.24) is 4.90 Å². The van der Waals surface area contributed by atoms with Crippen LogP contribution < -0.4 is 11.1 Å². The number of rotatable bonds is 3. The fraction of sp³-hybridized carbons (Fsp3) is 0.391. The number of benzene rings is 1. The molecule has 7 N–H and O–H groups in total. The van der Waals surface area contributed by atoms with Gasteiger partial charge in [0.1, 0.15) is 22.8 Å². The normalized spacial score (nSPS) is 28.4. The van der Waals surface area contributed by atoms with Crippen molar-refractivity contribution in [1.29, 1.82) is 0 Å². The molecule has 11 nitrogen and oxygen atoms in total. The van der Waals surface area contributed by atoms with Crippen molar-refractivity contribution in [2.24, 2.45) is 17.6 Å². The Morgan fingerprint density at radius 1 is 1.18 bits per heavy atom. The lowest BCUT2D eigenvalue weighted by molar-refractivity contribution is -0.153. The van der Waals surface area contributed by atoms with E-state index >= 15 is 0 Å². The Balaban J connectivity index is 1.97. The topological polar surface area (TPSA) is 190 Å². The second-order valence-corrected chi connectivity index (χ2v) is 9.13. The molecule has 0 bridgehead atoms. The van der Waals surface area contributed by atoms with Crippen molar-refractivity contribution >= 4 is 34.8 Å². The predicted molar refractivity (Wildman–Crippen MR) is 119 cm³/mol. The summed E-state index contributed by atoms with van der Waals surface area (Å²) in [6, 6.07) is 1.56. The molecule has 34 heavy (non-hydrogen) atoms. The van der Waals surface area contributed by atoms with Crippen LogP contribution in [0.5, 0.6) is 5.75 Å². The zero-order chi connectivity index (χ0) is 25.3. The number of likely N-dealkylation sites (N-methyl/N-ethyl adjacent to an activating group) is 1. The van der Waals surface area contributed by atoms with E-state index in [9.17, 15) is 39.6 Å². The fourth-order valence-electron chi connectivity index (χ4n) is 5.55. The van der Waals surface area contributed by atoms with Crippen LogP contribution in [0.2, 0.25) is 0 Å². The highest BCUT2D eigenvalue weighted by Gasteiger charge is 2.64.